The Morgan fingerprint density at radius 2 is 0.919 bits per heavy atom. The number of rotatable bonds is 26. The first-order valence-corrected chi connectivity index (χ1v) is 16.1. The SMILES string of the molecule is CCCCCCCCCCCCOC(=O)CC(C(=O)OCCCCCCCCCCCC)S(=O)(=O)O.[CaH2]. The van der Waals surface area contributed by atoms with E-state index in [1.165, 1.54) is 77.0 Å². The van der Waals surface area contributed by atoms with Gasteiger partial charge in [0, 0.05) is 0 Å². The standard InChI is InChI=1S/C28H54O7S.Ca.2H/c1-3-5-7-9-11-13-15-17-19-21-23-34-27(29)25-26(36(31,32)33)28(30)35-24-22-20-18-16-14-12-10-8-6-4-2;;;/h26H,3-25H2,1-2H3,(H,31,32,33);;;. The Morgan fingerprint density at radius 1 is 0.595 bits per heavy atom. The van der Waals surface area contributed by atoms with Crippen molar-refractivity contribution in [1.29, 1.82) is 0 Å². The van der Waals surface area contributed by atoms with Gasteiger partial charge in [-0.15, -0.1) is 0 Å². The molecule has 0 rings (SSSR count). The van der Waals surface area contributed by atoms with Crippen molar-refractivity contribution in [2.45, 2.75) is 154 Å². The molecule has 1 unspecified atom stereocenters. The Kier molecular flexibility index (Phi) is 29.4. The van der Waals surface area contributed by atoms with Crippen LogP contribution in [0, 0.1) is 0 Å². The van der Waals surface area contributed by atoms with Crippen molar-refractivity contribution in [3.05, 3.63) is 0 Å². The van der Waals surface area contributed by atoms with Gasteiger partial charge in [-0.05, 0) is 12.8 Å². The predicted octanol–water partition coefficient (Wildman–Crippen LogP) is 6.64. The quantitative estimate of drug-likeness (QED) is 0.0532. The Labute approximate surface area is 257 Å². The van der Waals surface area contributed by atoms with E-state index in [1.54, 1.807) is 0 Å². The van der Waals surface area contributed by atoms with E-state index in [2.05, 4.69) is 13.8 Å². The second-order valence-electron chi connectivity index (χ2n) is 9.96. The van der Waals surface area contributed by atoms with Crippen LogP contribution in [0.15, 0.2) is 0 Å². The molecule has 1 N–H and O–H groups in total. The molecule has 0 aliphatic rings. The Hall–Kier alpha value is 0.110. The molecular weight excluding hydrogens is 520 g/mol. The van der Waals surface area contributed by atoms with Crippen LogP contribution in [0.3, 0.4) is 0 Å². The van der Waals surface area contributed by atoms with Gasteiger partial charge >= 0.3 is 49.7 Å². The molecule has 0 spiro atoms. The van der Waals surface area contributed by atoms with Crippen molar-refractivity contribution in [2.75, 3.05) is 13.2 Å². The average Bonchev–Trinajstić information content (AvgIpc) is 2.83. The summed E-state index contributed by atoms with van der Waals surface area (Å²) in [6.45, 7) is 4.67. The number of carbonyl (C=O) groups is 2. The molecule has 9 heteroatoms. The fraction of sp³-hybridized carbons (Fsp3) is 0.929. The van der Waals surface area contributed by atoms with Gasteiger partial charge in [0.25, 0.3) is 10.1 Å². The normalized spacial score (nSPS) is 12.1. The van der Waals surface area contributed by atoms with Gasteiger partial charge in [0.05, 0.1) is 19.6 Å². The van der Waals surface area contributed by atoms with Gasteiger partial charge in [-0.3, -0.25) is 14.1 Å². The fourth-order valence-electron chi connectivity index (χ4n) is 4.15. The van der Waals surface area contributed by atoms with E-state index in [1.807, 2.05) is 0 Å². The molecule has 0 aromatic rings. The van der Waals surface area contributed by atoms with Gasteiger partial charge < -0.3 is 9.47 Å². The molecule has 0 saturated carbocycles. The molecule has 218 valence electrons. The summed E-state index contributed by atoms with van der Waals surface area (Å²) in [5.41, 5.74) is 0. The minimum atomic E-state index is -4.75. The fourth-order valence-corrected chi connectivity index (χ4v) is 4.81. The zero-order valence-corrected chi connectivity index (χ0v) is 24.0. The minimum absolute atomic E-state index is 0. The summed E-state index contributed by atoms with van der Waals surface area (Å²) in [6.07, 6.45) is 22.1. The van der Waals surface area contributed by atoms with Crippen molar-refractivity contribution >= 4 is 59.8 Å². The molecular formula is C28H56CaO7S. The van der Waals surface area contributed by atoms with E-state index >= 15 is 0 Å². The summed E-state index contributed by atoms with van der Waals surface area (Å²) in [5, 5.41) is -1.93. The molecule has 0 heterocycles. The number of hydrogen-bond acceptors (Lipinski definition) is 6. The number of hydrogen-bond donors (Lipinski definition) is 1. The van der Waals surface area contributed by atoms with Crippen molar-refractivity contribution < 1.29 is 32.0 Å². The van der Waals surface area contributed by atoms with Crippen LogP contribution < -0.4 is 0 Å². The third kappa shape index (κ3) is 26.1. The Morgan fingerprint density at radius 3 is 1.27 bits per heavy atom. The summed E-state index contributed by atoms with van der Waals surface area (Å²) in [7, 11) is -4.75. The summed E-state index contributed by atoms with van der Waals surface area (Å²) in [5.74, 6) is -1.91. The first-order chi connectivity index (χ1) is 17.3. The van der Waals surface area contributed by atoms with Crippen LogP contribution in [0.5, 0.6) is 0 Å². The molecule has 1 atom stereocenters. The van der Waals surface area contributed by atoms with Crippen LogP contribution in [0.25, 0.3) is 0 Å². The zero-order chi connectivity index (χ0) is 26.9. The number of unbranched alkanes of at least 4 members (excludes halogenated alkanes) is 18. The van der Waals surface area contributed by atoms with E-state index in [0.717, 1.165) is 38.5 Å². The van der Waals surface area contributed by atoms with E-state index in [-0.39, 0.29) is 51.0 Å². The van der Waals surface area contributed by atoms with Gasteiger partial charge in [-0.1, -0.05) is 129 Å². The van der Waals surface area contributed by atoms with Gasteiger partial charge in [-0.2, -0.15) is 8.42 Å². The molecule has 7 nitrogen and oxygen atoms in total. The molecule has 0 aromatic carbocycles. The Bertz CT molecular complexity index is 640. The second kappa shape index (κ2) is 27.7. The van der Waals surface area contributed by atoms with Crippen LogP contribution in [0.1, 0.15) is 149 Å². The molecule has 0 saturated heterocycles. The van der Waals surface area contributed by atoms with Crippen LogP contribution in [-0.4, -0.2) is 81.1 Å². The molecule has 0 aliphatic heterocycles. The predicted molar refractivity (Wildman–Crippen MR) is 154 cm³/mol. The molecule has 0 fully saturated rings. The molecule has 0 bridgehead atoms. The molecule has 0 aliphatic carbocycles. The van der Waals surface area contributed by atoms with Crippen LogP contribution >= 0.6 is 0 Å². The van der Waals surface area contributed by atoms with Gasteiger partial charge in [-0.25, -0.2) is 0 Å². The molecule has 0 aromatic heterocycles. The van der Waals surface area contributed by atoms with Crippen LogP contribution in [0.2, 0.25) is 0 Å². The van der Waals surface area contributed by atoms with E-state index in [4.69, 9.17) is 9.47 Å². The molecule has 37 heavy (non-hydrogen) atoms. The van der Waals surface area contributed by atoms with Gasteiger partial charge in [0.1, 0.15) is 0 Å². The molecule has 0 amide bonds. The third-order valence-electron chi connectivity index (χ3n) is 6.48. The van der Waals surface area contributed by atoms with E-state index in [0.29, 0.717) is 12.8 Å². The van der Waals surface area contributed by atoms with Crippen molar-refractivity contribution in [2.24, 2.45) is 0 Å². The summed E-state index contributed by atoms with van der Waals surface area (Å²) in [4.78, 5) is 24.2. The average molecular weight is 577 g/mol. The summed E-state index contributed by atoms with van der Waals surface area (Å²) < 4.78 is 42.7. The summed E-state index contributed by atoms with van der Waals surface area (Å²) in [6, 6.07) is 0. The van der Waals surface area contributed by atoms with Gasteiger partial charge in [0.2, 0.25) is 0 Å². The zero-order valence-electron chi connectivity index (χ0n) is 23.1. The van der Waals surface area contributed by atoms with Crippen molar-refractivity contribution in [3.63, 3.8) is 0 Å². The van der Waals surface area contributed by atoms with Crippen molar-refractivity contribution in [1.82, 2.24) is 0 Å². The maximum atomic E-state index is 12.2. The molecule has 0 radical (unpaired) electrons. The number of esters is 2. The second-order valence-corrected chi connectivity index (χ2v) is 11.6. The van der Waals surface area contributed by atoms with Crippen molar-refractivity contribution in [3.8, 4) is 0 Å². The third-order valence-corrected chi connectivity index (χ3v) is 7.56. The van der Waals surface area contributed by atoms with E-state index < -0.39 is 33.7 Å². The topological polar surface area (TPSA) is 107 Å². The first kappa shape index (κ1) is 39.3. The van der Waals surface area contributed by atoms with Crippen LogP contribution in [0.4, 0.5) is 0 Å². The first-order valence-electron chi connectivity index (χ1n) is 14.6. The van der Waals surface area contributed by atoms with Crippen LogP contribution in [-0.2, 0) is 29.2 Å². The number of carbonyl (C=O) groups excluding carboxylic acids is 2. The van der Waals surface area contributed by atoms with E-state index in [9.17, 15) is 22.6 Å². The van der Waals surface area contributed by atoms with Gasteiger partial charge in [0.15, 0.2) is 5.25 Å². The Balaban J connectivity index is 0. The summed E-state index contributed by atoms with van der Waals surface area (Å²) >= 11 is 0. The maximum absolute atomic E-state index is 12.2. The number of ether oxygens (including phenoxy) is 2. The monoisotopic (exact) mass is 576 g/mol.